The number of amides is 1. The fourth-order valence-corrected chi connectivity index (χ4v) is 1.62. The van der Waals surface area contributed by atoms with Crippen LogP contribution in [-0.2, 0) is 14.3 Å². The van der Waals surface area contributed by atoms with Crippen LogP contribution in [0, 0.1) is 0 Å². The lowest BCUT2D eigenvalue weighted by molar-refractivity contribution is -0.146. The van der Waals surface area contributed by atoms with Crippen LogP contribution in [0.1, 0.15) is 12.8 Å². The molecule has 0 bridgehead atoms. The third kappa shape index (κ3) is 2.42. The molecular formula is C8H14N2O3. The third-order valence-corrected chi connectivity index (χ3v) is 2.20. The molecule has 1 heterocycles. The minimum Gasteiger partial charge on any atom is -0.468 e. The third-order valence-electron chi connectivity index (χ3n) is 2.20. The van der Waals surface area contributed by atoms with Gasteiger partial charge in [-0.05, 0) is 19.4 Å². The van der Waals surface area contributed by atoms with Crippen molar-refractivity contribution in [3.63, 3.8) is 0 Å². The number of hydrogen-bond donors (Lipinski definition) is 1. The summed E-state index contributed by atoms with van der Waals surface area (Å²) in [6.07, 6.45) is 1.66. The Kier molecular flexibility index (Phi) is 3.25. The number of carbonyl (C=O) groups excluding carboxylic acids is 2. The maximum atomic E-state index is 11.2. The molecule has 1 fully saturated rings. The van der Waals surface area contributed by atoms with Gasteiger partial charge in [0.2, 0.25) is 5.91 Å². The molecule has 1 atom stereocenters. The summed E-state index contributed by atoms with van der Waals surface area (Å²) in [4.78, 5) is 23.6. The van der Waals surface area contributed by atoms with Gasteiger partial charge in [0.05, 0.1) is 13.7 Å². The van der Waals surface area contributed by atoms with Gasteiger partial charge in [0, 0.05) is 0 Å². The lowest BCUT2D eigenvalue weighted by Gasteiger charge is -2.20. The molecule has 74 valence electrons. The number of esters is 1. The van der Waals surface area contributed by atoms with E-state index in [1.165, 1.54) is 7.11 Å². The van der Waals surface area contributed by atoms with Crippen molar-refractivity contribution in [3.8, 4) is 0 Å². The summed E-state index contributed by atoms with van der Waals surface area (Å²) < 4.78 is 4.61. The molecule has 1 aliphatic rings. The average Bonchev–Trinajstić information content (AvgIpc) is 2.50. The number of nitrogens with two attached hydrogens (primary N) is 1. The highest BCUT2D eigenvalue weighted by atomic mass is 16.5. The van der Waals surface area contributed by atoms with Gasteiger partial charge in [-0.2, -0.15) is 0 Å². The average molecular weight is 186 g/mol. The zero-order valence-corrected chi connectivity index (χ0v) is 7.66. The predicted molar refractivity (Wildman–Crippen MR) is 45.8 cm³/mol. The number of methoxy groups -OCH3 is 1. The van der Waals surface area contributed by atoms with E-state index in [0.29, 0.717) is 0 Å². The lowest BCUT2D eigenvalue weighted by Crippen LogP contribution is -2.41. The standard InChI is InChI=1S/C8H14N2O3/c1-13-8(12)6-3-2-4-10(6)5-7(9)11/h6H,2-5H2,1H3,(H2,9,11). The van der Waals surface area contributed by atoms with Crippen LogP contribution in [0.3, 0.4) is 0 Å². The first-order chi connectivity index (χ1) is 6.15. The number of primary amides is 1. The Morgan fingerprint density at radius 2 is 2.31 bits per heavy atom. The smallest absolute Gasteiger partial charge is 0.323 e. The molecule has 0 aromatic rings. The molecule has 1 amide bonds. The molecule has 0 aromatic carbocycles. The fraction of sp³-hybridized carbons (Fsp3) is 0.750. The van der Waals surface area contributed by atoms with E-state index < -0.39 is 5.91 Å². The van der Waals surface area contributed by atoms with E-state index in [1.807, 2.05) is 0 Å². The Morgan fingerprint density at radius 1 is 1.62 bits per heavy atom. The van der Waals surface area contributed by atoms with Crippen LogP contribution in [0.15, 0.2) is 0 Å². The second-order valence-corrected chi connectivity index (χ2v) is 3.12. The topological polar surface area (TPSA) is 72.6 Å². The summed E-state index contributed by atoms with van der Waals surface area (Å²) in [6, 6.07) is -0.280. The molecule has 5 nitrogen and oxygen atoms in total. The van der Waals surface area contributed by atoms with Crippen molar-refractivity contribution in [2.24, 2.45) is 5.73 Å². The normalized spacial score (nSPS) is 23.0. The van der Waals surface area contributed by atoms with Gasteiger partial charge in [0.25, 0.3) is 0 Å². The second-order valence-electron chi connectivity index (χ2n) is 3.12. The van der Waals surface area contributed by atoms with Crippen LogP contribution in [0.4, 0.5) is 0 Å². The van der Waals surface area contributed by atoms with Crippen molar-refractivity contribution < 1.29 is 14.3 Å². The summed E-state index contributed by atoms with van der Waals surface area (Å²) in [6.45, 7) is 0.877. The van der Waals surface area contributed by atoms with Crippen LogP contribution >= 0.6 is 0 Å². The van der Waals surface area contributed by atoms with Crippen LogP contribution in [0.2, 0.25) is 0 Å². The van der Waals surface area contributed by atoms with Gasteiger partial charge < -0.3 is 10.5 Å². The zero-order chi connectivity index (χ0) is 9.84. The summed E-state index contributed by atoms with van der Waals surface area (Å²) in [5.41, 5.74) is 5.04. The van der Waals surface area contributed by atoms with Crippen molar-refractivity contribution >= 4 is 11.9 Å². The fourth-order valence-electron chi connectivity index (χ4n) is 1.62. The highest BCUT2D eigenvalue weighted by molar-refractivity contribution is 5.79. The Bertz CT molecular complexity index is 217. The molecule has 0 aliphatic carbocycles. The summed E-state index contributed by atoms with van der Waals surface area (Å²) in [5.74, 6) is -0.686. The van der Waals surface area contributed by atoms with Crippen LogP contribution in [-0.4, -0.2) is 43.0 Å². The molecule has 2 N–H and O–H groups in total. The lowest BCUT2D eigenvalue weighted by atomic mass is 10.2. The monoisotopic (exact) mass is 186 g/mol. The molecule has 13 heavy (non-hydrogen) atoms. The van der Waals surface area contributed by atoms with Crippen LogP contribution in [0.5, 0.6) is 0 Å². The number of likely N-dealkylation sites (tertiary alicyclic amines) is 1. The molecule has 0 aromatic heterocycles. The Balaban J connectivity index is 2.53. The molecular weight excluding hydrogens is 172 g/mol. The number of carbonyl (C=O) groups is 2. The SMILES string of the molecule is COC(=O)C1CCCN1CC(N)=O. The van der Waals surface area contributed by atoms with Gasteiger partial charge in [-0.25, -0.2) is 0 Å². The second kappa shape index (κ2) is 4.23. The van der Waals surface area contributed by atoms with E-state index >= 15 is 0 Å². The van der Waals surface area contributed by atoms with E-state index in [4.69, 9.17) is 5.73 Å². The Labute approximate surface area is 76.8 Å². The maximum Gasteiger partial charge on any atom is 0.323 e. The minimum absolute atomic E-state index is 0.139. The highest BCUT2D eigenvalue weighted by Crippen LogP contribution is 2.17. The Hall–Kier alpha value is -1.10. The molecule has 0 radical (unpaired) electrons. The number of ether oxygens (including phenoxy) is 1. The molecule has 1 rings (SSSR count). The molecule has 0 spiro atoms. The molecule has 1 aliphatic heterocycles. The van der Waals surface area contributed by atoms with Gasteiger partial charge in [0.15, 0.2) is 0 Å². The molecule has 5 heteroatoms. The summed E-state index contributed by atoms with van der Waals surface area (Å²) in [7, 11) is 1.35. The van der Waals surface area contributed by atoms with Crippen molar-refractivity contribution in [3.05, 3.63) is 0 Å². The van der Waals surface area contributed by atoms with E-state index in [1.54, 1.807) is 4.90 Å². The van der Waals surface area contributed by atoms with Gasteiger partial charge >= 0.3 is 5.97 Å². The number of rotatable bonds is 3. The van der Waals surface area contributed by atoms with Gasteiger partial charge in [-0.15, -0.1) is 0 Å². The first-order valence-corrected chi connectivity index (χ1v) is 4.25. The van der Waals surface area contributed by atoms with E-state index in [-0.39, 0.29) is 18.6 Å². The number of hydrogen-bond acceptors (Lipinski definition) is 4. The van der Waals surface area contributed by atoms with E-state index in [9.17, 15) is 9.59 Å². The van der Waals surface area contributed by atoms with E-state index in [0.717, 1.165) is 19.4 Å². The molecule has 1 unspecified atom stereocenters. The predicted octanol–water partition coefficient (Wildman–Crippen LogP) is -0.891. The van der Waals surface area contributed by atoms with E-state index in [2.05, 4.69) is 4.74 Å². The highest BCUT2D eigenvalue weighted by Gasteiger charge is 2.31. The zero-order valence-electron chi connectivity index (χ0n) is 7.66. The van der Waals surface area contributed by atoms with Crippen molar-refractivity contribution in [2.75, 3.05) is 20.2 Å². The van der Waals surface area contributed by atoms with Crippen molar-refractivity contribution in [1.82, 2.24) is 4.90 Å². The first kappa shape index (κ1) is 9.98. The number of nitrogens with zero attached hydrogens (tertiary/aromatic N) is 1. The maximum absolute atomic E-state index is 11.2. The Morgan fingerprint density at radius 3 is 2.85 bits per heavy atom. The summed E-state index contributed by atoms with van der Waals surface area (Å²) >= 11 is 0. The van der Waals surface area contributed by atoms with Crippen LogP contribution < -0.4 is 5.73 Å². The largest absolute Gasteiger partial charge is 0.468 e. The quantitative estimate of drug-likeness (QED) is 0.580. The van der Waals surface area contributed by atoms with Crippen molar-refractivity contribution in [2.45, 2.75) is 18.9 Å². The minimum atomic E-state index is -0.407. The van der Waals surface area contributed by atoms with Crippen molar-refractivity contribution in [1.29, 1.82) is 0 Å². The van der Waals surface area contributed by atoms with Crippen LogP contribution in [0.25, 0.3) is 0 Å². The van der Waals surface area contributed by atoms with Gasteiger partial charge in [0.1, 0.15) is 6.04 Å². The van der Waals surface area contributed by atoms with Gasteiger partial charge in [-0.1, -0.05) is 0 Å². The molecule has 1 saturated heterocycles. The summed E-state index contributed by atoms with van der Waals surface area (Å²) in [5, 5.41) is 0. The first-order valence-electron chi connectivity index (χ1n) is 4.25. The molecule has 0 saturated carbocycles. The van der Waals surface area contributed by atoms with Gasteiger partial charge in [-0.3, -0.25) is 14.5 Å².